The summed E-state index contributed by atoms with van der Waals surface area (Å²) in [5, 5.41) is 0. The maximum absolute atomic E-state index is 11.6. The van der Waals surface area contributed by atoms with Gasteiger partial charge in [-0.2, -0.15) is 0 Å². The third-order valence-corrected chi connectivity index (χ3v) is 4.97. The highest BCUT2D eigenvalue weighted by molar-refractivity contribution is 7.92. The fraction of sp³-hybridized carbons (Fsp3) is 1.00. The number of ether oxygens (including phenoxy) is 1. The molecule has 1 aliphatic heterocycles. The molecule has 0 saturated carbocycles. The van der Waals surface area contributed by atoms with Crippen LogP contribution < -0.4 is 0 Å². The van der Waals surface area contributed by atoms with Crippen molar-refractivity contribution in [3.63, 3.8) is 0 Å². The Balaban J connectivity index is 2.33. The zero-order valence-electron chi connectivity index (χ0n) is 8.54. The molecule has 0 radical (unpaired) electrons. The van der Waals surface area contributed by atoms with Gasteiger partial charge >= 0.3 is 0 Å². The van der Waals surface area contributed by atoms with Crippen molar-refractivity contribution in [2.45, 2.75) is 44.5 Å². The van der Waals surface area contributed by atoms with E-state index in [1.807, 2.05) is 0 Å². The first kappa shape index (κ1) is 11.0. The molecule has 0 aliphatic carbocycles. The first-order chi connectivity index (χ1) is 5.83. The lowest BCUT2D eigenvalue weighted by atomic mass is 10.3. The lowest BCUT2D eigenvalue weighted by molar-refractivity contribution is 0.394. The van der Waals surface area contributed by atoms with Crippen LogP contribution in [0, 0.1) is 0 Å². The lowest BCUT2D eigenvalue weighted by Gasteiger charge is -2.18. The van der Waals surface area contributed by atoms with Gasteiger partial charge in [-0.15, -0.1) is 0 Å². The molecule has 1 aliphatic rings. The van der Waals surface area contributed by atoms with Gasteiger partial charge in [0.15, 0.2) is 9.84 Å². The molecule has 0 N–H and O–H groups in total. The van der Waals surface area contributed by atoms with Crippen LogP contribution in [0.1, 0.15) is 33.6 Å². The summed E-state index contributed by atoms with van der Waals surface area (Å²) < 4.78 is 27.6. The number of hydrogen-bond donors (Lipinski definition) is 0. The minimum absolute atomic E-state index is 0.288. The molecule has 0 amide bonds. The van der Waals surface area contributed by atoms with E-state index in [2.05, 4.69) is 0 Å². The molecule has 1 unspecified atom stereocenters. The van der Waals surface area contributed by atoms with Gasteiger partial charge in [-0.25, -0.2) is 8.42 Å². The zero-order valence-corrected chi connectivity index (χ0v) is 9.36. The average molecular weight is 206 g/mol. The molecule has 3 nitrogen and oxygen atoms in total. The van der Waals surface area contributed by atoms with E-state index in [-0.39, 0.29) is 5.75 Å². The van der Waals surface area contributed by atoms with Crippen LogP contribution in [0.4, 0.5) is 0 Å². The molecule has 1 atom stereocenters. The van der Waals surface area contributed by atoms with E-state index in [1.54, 1.807) is 20.8 Å². The summed E-state index contributed by atoms with van der Waals surface area (Å²) in [6, 6.07) is 0. The molecule has 1 fully saturated rings. The van der Waals surface area contributed by atoms with Gasteiger partial charge in [0, 0.05) is 0 Å². The highest BCUT2D eigenvalue weighted by atomic mass is 32.2. The molecule has 0 spiro atoms. The van der Waals surface area contributed by atoms with Crippen molar-refractivity contribution in [3.05, 3.63) is 0 Å². The van der Waals surface area contributed by atoms with Gasteiger partial charge in [0.05, 0.1) is 23.2 Å². The molecule has 1 heterocycles. The van der Waals surface area contributed by atoms with E-state index in [1.165, 1.54) is 0 Å². The van der Waals surface area contributed by atoms with E-state index in [9.17, 15) is 8.42 Å². The molecular weight excluding hydrogens is 188 g/mol. The number of epoxide rings is 1. The molecular formula is C9H18O3S. The summed E-state index contributed by atoms with van der Waals surface area (Å²) in [7, 11) is -2.92. The molecule has 0 aromatic rings. The maximum Gasteiger partial charge on any atom is 0.155 e. The van der Waals surface area contributed by atoms with Crippen molar-refractivity contribution in [1.29, 1.82) is 0 Å². The Kier molecular flexibility index (Phi) is 3.02. The summed E-state index contributed by atoms with van der Waals surface area (Å²) in [5.74, 6) is 0.288. The molecule has 0 bridgehead atoms. The molecule has 0 aromatic carbocycles. The Morgan fingerprint density at radius 3 is 2.31 bits per heavy atom. The largest absolute Gasteiger partial charge is 0.373 e. The predicted molar refractivity (Wildman–Crippen MR) is 52.5 cm³/mol. The number of rotatable bonds is 4. The zero-order chi connectivity index (χ0) is 10.1. The summed E-state index contributed by atoms with van der Waals surface area (Å²) in [6.07, 6.45) is 1.95. The standard InChI is InChI=1S/C9H18O3S/c1-9(2,3)13(10,11)6-4-5-8-7-12-8/h8H,4-7H2,1-3H3. The smallest absolute Gasteiger partial charge is 0.155 e. The van der Waals surface area contributed by atoms with Crippen LogP contribution in [0.15, 0.2) is 0 Å². The topological polar surface area (TPSA) is 46.7 Å². The van der Waals surface area contributed by atoms with Crippen LogP contribution in [0.3, 0.4) is 0 Å². The van der Waals surface area contributed by atoms with Crippen molar-refractivity contribution in [3.8, 4) is 0 Å². The molecule has 0 aromatic heterocycles. The van der Waals surface area contributed by atoms with Crippen LogP contribution in [0.25, 0.3) is 0 Å². The fourth-order valence-electron chi connectivity index (χ4n) is 1.04. The van der Waals surface area contributed by atoms with Crippen LogP contribution in [0.5, 0.6) is 0 Å². The van der Waals surface area contributed by atoms with Gasteiger partial charge in [0.2, 0.25) is 0 Å². The first-order valence-corrected chi connectivity index (χ1v) is 6.32. The minimum Gasteiger partial charge on any atom is -0.373 e. The van der Waals surface area contributed by atoms with E-state index >= 15 is 0 Å². The fourth-order valence-corrected chi connectivity index (χ4v) is 2.20. The summed E-state index contributed by atoms with van der Waals surface area (Å²) >= 11 is 0. The van der Waals surface area contributed by atoms with E-state index < -0.39 is 14.6 Å². The third kappa shape index (κ3) is 3.27. The van der Waals surface area contributed by atoms with Crippen molar-refractivity contribution in [2.24, 2.45) is 0 Å². The Hall–Kier alpha value is -0.0900. The Labute approximate surface area is 80.4 Å². The highest BCUT2D eigenvalue weighted by Gasteiger charge is 2.29. The molecule has 13 heavy (non-hydrogen) atoms. The SMILES string of the molecule is CC(C)(C)S(=O)(=O)CCCC1CO1. The second-order valence-corrected chi connectivity index (χ2v) is 7.39. The van der Waals surface area contributed by atoms with Crippen molar-refractivity contribution >= 4 is 9.84 Å². The average Bonchev–Trinajstić information content (AvgIpc) is 2.68. The maximum atomic E-state index is 11.6. The second-order valence-electron chi connectivity index (χ2n) is 4.53. The Bertz CT molecular complexity index is 257. The van der Waals surface area contributed by atoms with Gasteiger partial charge < -0.3 is 4.74 Å². The van der Waals surface area contributed by atoms with Gasteiger partial charge in [-0.1, -0.05) is 0 Å². The summed E-state index contributed by atoms with van der Waals surface area (Å²) in [4.78, 5) is 0. The molecule has 1 rings (SSSR count). The van der Waals surface area contributed by atoms with Crippen molar-refractivity contribution < 1.29 is 13.2 Å². The van der Waals surface area contributed by atoms with Gasteiger partial charge in [-0.05, 0) is 33.6 Å². The Morgan fingerprint density at radius 2 is 1.92 bits per heavy atom. The van der Waals surface area contributed by atoms with Crippen LogP contribution in [-0.4, -0.2) is 31.6 Å². The van der Waals surface area contributed by atoms with Gasteiger partial charge in [0.25, 0.3) is 0 Å². The quantitative estimate of drug-likeness (QED) is 0.653. The summed E-state index contributed by atoms with van der Waals surface area (Å²) in [5.41, 5.74) is 0. The Morgan fingerprint density at radius 1 is 1.38 bits per heavy atom. The van der Waals surface area contributed by atoms with Crippen LogP contribution in [-0.2, 0) is 14.6 Å². The van der Waals surface area contributed by atoms with E-state index in [0.29, 0.717) is 6.10 Å². The second kappa shape index (κ2) is 3.58. The van der Waals surface area contributed by atoms with Crippen LogP contribution in [0.2, 0.25) is 0 Å². The molecule has 1 saturated heterocycles. The normalized spacial score (nSPS) is 23.2. The van der Waals surface area contributed by atoms with Crippen molar-refractivity contribution in [1.82, 2.24) is 0 Å². The van der Waals surface area contributed by atoms with E-state index in [0.717, 1.165) is 19.4 Å². The monoisotopic (exact) mass is 206 g/mol. The molecule has 78 valence electrons. The van der Waals surface area contributed by atoms with E-state index in [4.69, 9.17) is 4.74 Å². The third-order valence-electron chi connectivity index (χ3n) is 2.27. The van der Waals surface area contributed by atoms with Crippen molar-refractivity contribution in [2.75, 3.05) is 12.4 Å². The predicted octanol–water partition coefficient (Wildman–Crippen LogP) is 1.38. The minimum atomic E-state index is -2.92. The first-order valence-electron chi connectivity index (χ1n) is 4.67. The number of hydrogen-bond acceptors (Lipinski definition) is 3. The van der Waals surface area contributed by atoms with Gasteiger partial charge in [-0.3, -0.25) is 0 Å². The highest BCUT2D eigenvalue weighted by Crippen LogP contribution is 2.20. The van der Waals surface area contributed by atoms with Crippen LogP contribution >= 0.6 is 0 Å². The number of sulfone groups is 1. The summed E-state index contributed by atoms with van der Waals surface area (Å²) in [6.45, 7) is 6.05. The lowest BCUT2D eigenvalue weighted by Crippen LogP contribution is -2.30. The van der Waals surface area contributed by atoms with Gasteiger partial charge in [0.1, 0.15) is 0 Å². The molecule has 4 heteroatoms.